The summed E-state index contributed by atoms with van der Waals surface area (Å²) in [4.78, 5) is 26.0. The molecule has 146 valence electrons. The van der Waals surface area contributed by atoms with E-state index in [1.807, 2.05) is 27.7 Å². The topological polar surface area (TPSA) is 67.9 Å². The van der Waals surface area contributed by atoms with Gasteiger partial charge in [0.25, 0.3) is 0 Å². The normalized spacial score (nSPS) is 18.8. The zero-order valence-corrected chi connectivity index (χ0v) is 17.0. The first-order chi connectivity index (χ1) is 11.5. The second-order valence-electron chi connectivity index (χ2n) is 8.39. The zero-order chi connectivity index (χ0) is 19.3. The quantitative estimate of drug-likeness (QED) is 0.792. The van der Waals surface area contributed by atoms with Crippen LogP contribution in [0.3, 0.4) is 0 Å². The summed E-state index contributed by atoms with van der Waals surface area (Å²) in [6, 6.07) is 0.127. The number of rotatable bonds is 6. The second kappa shape index (κ2) is 8.88. The number of nitrogens with zero attached hydrogens (tertiary/aromatic N) is 1. The van der Waals surface area contributed by atoms with Crippen LogP contribution < -0.4 is 5.32 Å². The molecule has 6 nitrogen and oxygen atoms in total. The van der Waals surface area contributed by atoms with Crippen LogP contribution in [0.5, 0.6) is 0 Å². The number of carbonyl (C=O) groups is 2. The highest BCUT2D eigenvalue weighted by Gasteiger charge is 2.37. The Labute approximate surface area is 152 Å². The van der Waals surface area contributed by atoms with Gasteiger partial charge in [0.05, 0.1) is 5.60 Å². The molecule has 1 aliphatic rings. The van der Waals surface area contributed by atoms with Crippen LogP contribution in [0.1, 0.15) is 67.7 Å². The number of ether oxygens (including phenoxy) is 2. The summed E-state index contributed by atoms with van der Waals surface area (Å²) in [5, 5.41) is 2.96. The van der Waals surface area contributed by atoms with Gasteiger partial charge in [0.1, 0.15) is 12.2 Å². The van der Waals surface area contributed by atoms with Gasteiger partial charge in [-0.25, -0.2) is 4.79 Å². The van der Waals surface area contributed by atoms with E-state index in [2.05, 4.69) is 26.1 Å². The third-order valence-electron chi connectivity index (χ3n) is 4.87. The fourth-order valence-corrected chi connectivity index (χ4v) is 2.70. The molecule has 0 radical (unpaired) electrons. The van der Waals surface area contributed by atoms with Gasteiger partial charge in [-0.15, -0.1) is 0 Å². The van der Waals surface area contributed by atoms with E-state index in [-0.39, 0.29) is 30.3 Å². The molecule has 0 aromatic carbocycles. The Balaban J connectivity index is 2.49. The van der Waals surface area contributed by atoms with Crippen molar-refractivity contribution in [3.8, 4) is 0 Å². The molecular weight excluding hydrogens is 320 g/mol. The summed E-state index contributed by atoms with van der Waals surface area (Å²) in [7, 11) is 0. The van der Waals surface area contributed by atoms with Crippen LogP contribution in [0, 0.1) is 5.92 Å². The summed E-state index contributed by atoms with van der Waals surface area (Å²) in [5.41, 5.74) is -0.824. The highest BCUT2D eigenvalue weighted by atomic mass is 16.6. The number of amides is 2. The molecule has 1 unspecified atom stereocenters. The van der Waals surface area contributed by atoms with Gasteiger partial charge < -0.3 is 19.7 Å². The summed E-state index contributed by atoms with van der Waals surface area (Å²) in [6.07, 6.45) is 1.98. The molecule has 0 aliphatic carbocycles. The fourth-order valence-electron chi connectivity index (χ4n) is 2.70. The highest BCUT2D eigenvalue weighted by molar-refractivity contribution is 5.77. The molecule has 1 saturated heterocycles. The first-order valence-electron chi connectivity index (χ1n) is 9.39. The molecule has 1 N–H and O–H groups in total. The minimum absolute atomic E-state index is 0.0668. The highest BCUT2D eigenvalue weighted by Crippen LogP contribution is 2.30. The summed E-state index contributed by atoms with van der Waals surface area (Å²) < 4.78 is 11.4. The molecule has 0 bridgehead atoms. The molecule has 1 fully saturated rings. The summed E-state index contributed by atoms with van der Waals surface area (Å²) >= 11 is 0. The molecule has 2 amide bonds. The van der Waals surface area contributed by atoms with Gasteiger partial charge in [0.2, 0.25) is 5.91 Å². The monoisotopic (exact) mass is 356 g/mol. The van der Waals surface area contributed by atoms with Crippen LogP contribution in [0.2, 0.25) is 0 Å². The maximum atomic E-state index is 12.2. The molecule has 1 aliphatic heterocycles. The minimum atomic E-state index is -0.488. The first-order valence-corrected chi connectivity index (χ1v) is 9.39. The average molecular weight is 357 g/mol. The van der Waals surface area contributed by atoms with E-state index >= 15 is 0 Å². The van der Waals surface area contributed by atoms with Gasteiger partial charge in [0, 0.05) is 19.1 Å². The van der Waals surface area contributed by atoms with E-state index in [0.29, 0.717) is 19.0 Å². The molecule has 0 aromatic rings. The lowest BCUT2D eigenvalue weighted by Crippen LogP contribution is -2.50. The Morgan fingerprint density at radius 1 is 1.16 bits per heavy atom. The standard InChI is InChI=1S/C19H36N2O4/c1-8-19(24-13-16(22)20-15(4)14(2)3)9-11-21(12-10-19)17(23)25-18(5,6)7/h14-15H,8-13H2,1-7H3,(H,20,22). The third kappa shape index (κ3) is 7.22. The lowest BCUT2D eigenvalue weighted by atomic mass is 9.88. The van der Waals surface area contributed by atoms with Crippen molar-refractivity contribution in [3.05, 3.63) is 0 Å². The lowest BCUT2D eigenvalue weighted by molar-refractivity contribution is -0.139. The molecule has 0 aromatic heterocycles. The molecule has 25 heavy (non-hydrogen) atoms. The average Bonchev–Trinajstić information content (AvgIpc) is 2.51. The van der Waals surface area contributed by atoms with Gasteiger partial charge in [-0.1, -0.05) is 20.8 Å². The molecule has 1 rings (SSSR count). The Morgan fingerprint density at radius 2 is 1.72 bits per heavy atom. The van der Waals surface area contributed by atoms with Crippen molar-refractivity contribution in [2.24, 2.45) is 5.92 Å². The predicted octanol–water partition coefficient (Wildman–Crippen LogP) is 3.34. The van der Waals surface area contributed by atoms with Crippen molar-refractivity contribution in [2.75, 3.05) is 19.7 Å². The van der Waals surface area contributed by atoms with Gasteiger partial charge in [-0.3, -0.25) is 4.79 Å². The first kappa shape index (κ1) is 21.7. The zero-order valence-electron chi connectivity index (χ0n) is 17.0. The molecule has 0 saturated carbocycles. The van der Waals surface area contributed by atoms with Crippen LogP contribution in [-0.4, -0.2) is 53.8 Å². The number of piperidine rings is 1. The van der Waals surface area contributed by atoms with E-state index < -0.39 is 5.60 Å². The van der Waals surface area contributed by atoms with Crippen molar-refractivity contribution in [3.63, 3.8) is 0 Å². The largest absolute Gasteiger partial charge is 0.444 e. The molecular formula is C19H36N2O4. The molecule has 6 heteroatoms. The SMILES string of the molecule is CCC1(OCC(=O)NC(C)C(C)C)CCN(C(=O)OC(C)(C)C)CC1. The van der Waals surface area contributed by atoms with E-state index in [1.54, 1.807) is 4.90 Å². The third-order valence-corrected chi connectivity index (χ3v) is 4.87. The molecule has 1 atom stereocenters. The van der Waals surface area contributed by atoms with Crippen molar-refractivity contribution in [1.29, 1.82) is 0 Å². The number of likely N-dealkylation sites (tertiary alicyclic amines) is 1. The van der Waals surface area contributed by atoms with Gasteiger partial charge in [-0.2, -0.15) is 0 Å². The Hall–Kier alpha value is -1.30. The van der Waals surface area contributed by atoms with E-state index in [1.165, 1.54) is 0 Å². The Bertz CT molecular complexity index is 449. The smallest absolute Gasteiger partial charge is 0.410 e. The van der Waals surface area contributed by atoms with Crippen LogP contribution >= 0.6 is 0 Å². The number of carbonyl (C=O) groups excluding carboxylic acids is 2. The van der Waals surface area contributed by atoms with Crippen molar-refractivity contribution >= 4 is 12.0 Å². The van der Waals surface area contributed by atoms with Gasteiger partial charge in [-0.05, 0) is 52.9 Å². The maximum Gasteiger partial charge on any atom is 0.410 e. The molecule has 0 spiro atoms. The second-order valence-corrected chi connectivity index (χ2v) is 8.39. The minimum Gasteiger partial charge on any atom is -0.444 e. The van der Waals surface area contributed by atoms with E-state index in [0.717, 1.165) is 19.3 Å². The summed E-state index contributed by atoms with van der Waals surface area (Å²) in [6.45, 7) is 15.1. The lowest BCUT2D eigenvalue weighted by Gasteiger charge is -2.41. The predicted molar refractivity (Wildman–Crippen MR) is 98.5 cm³/mol. The Morgan fingerprint density at radius 3 is 2.16 bits per heavy atom. The van der Waals surface area contributed by atoms with Crippen LogP contribution in [0.25, 0.3) is 0 Å². The van der Waals surface area contributed by atoms with E-state index in [9.17, 15) is 9.59 Å². The molecule has 1 heterocycles. The maximum absolute atomic E-state index is 12.2. The van der Waals surface area contributed by atoms with Crippen LogP contribution in [0.4, 0.5) is 4.79 Å². The number of nitrogens with one attached hydrogen (secondary N) is 1. The van der Waals surface area contributed by atoms with Crippen molar-refractivity contribution < 1.29 is 19.1 Å². The summed E-state index contributed by atoms with van der Waals surface area (Å²) in [5.74, 6) is 0.310. The van der Waals surface area contributed by atoms with Crippen LogP contribution in [0.15, 0.2) is 0 Å². The van der Waals surface area contributed by atoms with Gasteiger partial charge >= 0.3 is 6.09 Å². The fraction of sp³-hybridized carbons (Fsp3) is 0.895. The van der Waals surface area contributed by atoms with Crippen molar-refractivity contribution in [1.82, 2.24) is 10.2 Å². The van der Waals surface area contributed by atoms with E-state index in [4.69, 9.17) is 9.47 Å². The Kier molecular flexibility index (Phi) is 7.72. The van der Waals surface area contributed by atoms with Gasteiger partial charge in [0.15, 0.2) is 0 Å². The van der Waals surface area contributed by atoms with Crippen LogP contribution in [-0.2, 0) is 14.3 Å². The van der Waals surface area contributed by atoms with Crippen molar-refractivity contribution in [2.45, 2.75) is 85.0 Å². The number of hydrogen-bond donors (Lipinski definition) is 1. The number of hydrogen-bond acceptors (Lipinski definition) is 4.